The van der Waals surface area contributed by atoms with Crippen LogP contribution in [0.25, 0.3) is 0 Å². The predicted molar refractivity (Wildman–Crippen MR) is 73.6 cm³/mol. The van der Waals surface area contributed by atoms with Gasteiger partial charge in [-0.25, -0.2) is 4.79 Å². The van der Waals surface area contributed by atoms with E-state index < -0.39 is 17.7 Å². The van der Waals surface area contributed by atoms with Crippen molar-refractivity contribution in [3.63, 3.8) is 0 Å². The normalized spacial score (nSPS) is 30.4. The first kappa shape index (κ1) is 15.1. The van der Waals surface area contributed by atoms with Gasteiger partial charge in [-0.05, 0) is 40.7 Å². The molecule has 1 N–H and O–H groups in total. The second kappa shape index (κ2) is 5.24. The van der Waals surface area contributed by atoms with Crippen LogP contribution in [0.3, 0.4) is 0 Å². The molecule has 3 atom stereocenters. The van der Waals surface area contributed by atoms with Crippen molar-refractivity contribution in [2.75, 3.05) is 13.6 Å². The topological polar surface area (TPSA) is 70.1 Å². The molecule has 6 nitrogen and oxygen atoms in total. The molecule has 3 unspecified atom stereocenters. The van der Waals surface area contributed by atoms with Crippen molar-refractivity contribution in [3.8, 4) is 0 Å². The van der Waals surface area contributed by atoms with Crippen molar-refractivity contribution in [1.82, 2.24) is 9.80 Å². The molecule has 0 aromatic carbocycles. The van der Waals surface area contributed by atoms with Gasteiger partial charge in [0.15, 0.2) is 0 Å². The van der Waals surface area contributed by atoms with Gasteiger partial charge in [0, 0.05) is 18.6 Å². The minimum Gasteiger partial charge on any atom is -0.481 e. The van der Waals surface area contributed by atoms with Crippen LogP contribution in [-0.4, -0.2) is 64.3 Å². The summed E-state index contributed by atoms with van der Waals surface area (Å²) in [5.41, 5.74) is -0.562. The molecule has 2 bridgehead atoms. The van der Waals surface area contributed by atoms with Gasteiger partial charge in [-0.2, -0.15) is 0 Å². The molecule has 0 radical (unpaired) electrons. The van der Waals surface area contributed by atoms with Crippen molar-refractivity contribution in [3.05, 3.63) is 0 Å². The number of ether oxygens (including phenoxy) is 1. The number of carbonyl (C=O) groups excluding carboxylic acids is 1. The first-order valence-corrected chi connectivity index (χ1v) is 7.12. The maximum absolute atomic E-state index is 12.3. The van der Waals surface area contributed by atoms with Crippen LogP contribution in [-0.2, 0) is 9.53 Å². The Bertz CT molecular complexity index is 404. The Balaban J connectivity index is 2.17. The molecule has 1 amide bonds. The average molecular weight is 284 g/mol. The molecule has 2 rings (SSSR count). The van der Waals surface area contributed by atoms with Gasteiger partial charge in [0.1, 0.15) is 5.60 Å². The van der Waals surface area contributed by atoms with E-state index in [4.69, 9.17) is 9.84 Å². The molecule has 2 fully saturated rings. The smallest absolute Gasteiger partial charge is 0.410 e. The SMILES string of the molecule is CN1C2CCC1C(CC(=O)O)N(C(=O)OC(C)(C)C)C2. The number of hydrogen-bond donors (Lipinski definition) is 1. The fourth-order valence-electron chi connectivity index (χ4n) is 3.25. The number of carboxylic acid groups (broad SMARTS) is 1. The van der Waals surface area contributed by atoms with E-state index in [2.05, 4.69) is 4.90 Å². The van der Waals surface area contributed by atoms with Crippen molar-refractivity contribution in [2.45, 2.75) is 63.8 Å². The maximum atomic E-state index is 12.3. The number of rotatable bonds is 2. The van der Waals surface area contributed by atoms with Gasteiger partial charge in [-0.15, -0.1) is 0 Å². The molecule has 2 heterocycles. The fraction of sp³-hybridized carbons (Fsp3) is 0.857. The summed E-state index contributed by atoms with van der Waals surface area (Å²) in [4.78, 5) is 27.3. The Hall–Kier alpha value is -1.30. The third kappa shape index (κ3) is 3.06. The van der Waals surface area contributed by atoms with Crippen molar-refractivity contribution >= 4 is 12.1 Å². The molecular formula is C14H24N2O4. The van der Waals surface area contributed by atoms with Crippen LogP contribution < -0.4 is 0 Å². The highest BCUT2D eigenvalue weighted by Crippen LogP contribution is 2.35. The zero-order valence-electron chi connectivity index (χ0n) is 12.6. The van der Waals surface area contributed by atoms with Gasteiger partial charge in [-0.1, -0.05) is 0 Å². The van der Waals surface area contributed by atoms with Gasteiger partial charge in [0.05, 0.1) is 12.5 Å². The predicted octanol–water partition coefficient (Wildman–Crippen LogP) is 1.54. The summed E-state index contributed by atoms with van der Waals surface area (Å²) in [6.45, 7) is 6.02. The van der Waals surface area contributed by atoms with Crippen LogP contribution in [0.4, 0.5) is 4.79 Å². The second-order valence-corrected chi connectivity index (χ2v) is 6.76. The Kier molecular flexibility index (Phi) is 3.95. The number of piperazine rings is 1. The third-order valence-corrected chi connectivity index (χ3v) is 4.16. The summed E-state index contributed by atoms with van der Waals surface area (Å²) in [5, 5.41) is 9.11. The zero-order chi connectivity index (χ0) is 15.1. The quantitative estimate of drug-likeness (QED) is 0.833. The zero-order valence-corrected chi connectivity index (χ0v) is 12.6. The lowest BCUT2D eigenvalue weighted by Gasteiger charge is -2.45. The average Bonchev–Trinajstić information content (AvgIpc) is 2.52. The summed E-state index contributed by atoms with van der Waals surface area (Å²) in [6.07, 6.45) is 1.53. The molecular weight excluding hydrogens is 260 g/mol. The van der Waals surface area contributed by atoms with Gasteiger partial charge in [0.25, 0.3) is 0 Å². The number of carbonyl (C=O) groups is 2. The standard InChI is InChI=1S/C14H24N2O4/c1-14(2,3)20-13(19)16-8-9-5-6-10(15(9)4)11(16)7-12(17)18/h9-11H,5-8H2,1-4H3,(H,17,18). The lowest BCUT2D eigenvalue weighted by molar-refractivity contribution is -0.139. The van der Waals surface area contributed by atoms with Crippen molar-refractivity contribution in [1.29, 1.82) is 0 Å². The van der Waals surface area contributed by atoms with Gasteiger partial charge in [0.2, 0.25) is 0 Å². The van der Waals surface area contributed by atoms with Gasteiger partial charge >= 0.3 is 12.1 Å². The molecule has 0 aliphatic carbocycles. The summed E-state index contributed by atoms with van der Waals surface area (Å²) in [7, 11) is 2.02. The minimum atomic E-state index is -0.873. The monoisotopic (exact) mass is 284 g/mol. The van der Waals surface area contributed by atoms with Crippen LogP contribution in [0.2, 0.25) is 0 Å². The molecule has 6 heteroatoms. The summed E-state index contributed by atoms with van der Waals surface area (Å²) >= 11 is 0. The van der Waals surface area contributed by atoms with E-state index in [1.54, 1.807) is 4.90 Å². The highest BCUT2D eigenvalue weighted by atomic mass is 16.6. The number of carboxylic acids is 1. The number of nitrogens with zero attached hydrogens (tertiary/aromatic N) is 2. The van der Waals surface area contributed by atoms with Crippen molar-refractivity contribution < 1.29 is 19.4 Å². The minimum absolute atomic E-state index is 0.0268. The number of amides is 1. The molecule has 0 spiro atoms. The number of likely N-dealkylation sites (N-methyl/N-ethyl adjacent to an activating group) is 1. The Morgan fingerprint density at radius 1 is 1.30 bits per heavy atom. The van der Waals surface area contributed by atoms with E-state index in [9.17, 15) is 9.59 Å². The number of likely N-dealkylation sites (tertiary alicyclic amines) is 1. The van der Waals surface area contributed by atoms with E-state index in [0.29, 0.717) is 12.6 Å². The van der Waals surface area contributed by atoms with Crippen molar-refractivity contribution in [2.24, 2.45) is 0 Å². The van der Waals surface area contributed by atoms with Crippen LogP contribution >= 0.6 is 0 Å². The highest BCUT2D eigenvalue weighted by Gasteiger charge is 2.47. The fourth-order valence-corrected chi connectivity index (χ4v) is 3.25. The number of aliphatic carboxylic acids is 1. The van der Waals surface area contributed by atoms with Crippen LogP contribution in [0, 0.1) is 0 Å². The second-order valence-electron chi connectivity index (χ2n) is 6.76. The van der Waals surface area contributed by atoms with E-state index in [-0.39, 0.29) is 18.5 Å². The molecule has 0 saturated carbocycles. The Labute approximate surface area is 119 Å². The lowest BCUT2D eigenvalue weighted by atomic mass is 10.0. The first-order valence-electron chi connectivity index (χ1n) is 7.12. The summed E-state index contributed by atoms with van der Waals surface area (Å²) < 4.78 is 5.42. The summed E-state index contributed by atoms with van der Waals surface area (Å²) in [5.74, 6) is -0.873. The number of hydrogen-bond acceptors (Lipinski definition) is 4. The maximum Gasteiger partial charge on any atom is 0.410 e. The van der Waals surface area contributed by atoms with E-state index in [0.717, 1.165) is 12.8 Å². The highest BCUT2D eigenvalue weighted by molar-refractivity contribution is 5.72. The van der Waals surface area contributed by atoms with Gasteiger partial charge < -0.3 is 14.7 Å². The largest absolute Gasteiger partial charge is 0.481 e. The van der Waals surface area contributed by atoms with E-state index >= 15 is 0 Å². The first-order chi connectivity index (χ1) is 9.19. The Morgan fingerprint density at radius 2 is 1.95 bits per heavy atom. The van der Waals surface area contributed by atoms with Crippen LogP contribution in [0.1, 0.15) is 40.0 Å². The Morgan fingerprint density at radius 3 is 2.50 bits per heavy atom. The number of fused-ring (bicyclic) bond motifs is 2. The molecule has 0 aromatic heterocycles. The third-order valence-electron chi connectivity index (χ3n) is 4.16. The molecule has 2 aliphatic rings. The lowest BCUT2D eigenvalue weighted by Crippen LogP contribution is -2.61. The molecule has 20 heavy (non-hydrogen) atoms. The molecule has 0 aromatic rings. The molecule has 2 saturated heterocycles. The van der Waals surface area contributed by atoms with Crippen LogP contribution in [0.5, 0.6) is 0 Å². The van der Waals surface area contributed by atoms with Crippen LogP contribution in [0.15, 0.2) is 0 Å². The van der Waals surface area contributed by atoms with Gasteiger partial charge in [-0.3, -0.25) is 9.69 Å². The molecule has 2 aliphatic heterocycles. The summed E-state index contributed by atoms with van der Waals surface area (Å²) in [6, 6.07) is 0.140. The molecule has 114 valence electrons. The van der Waals surface area contributed by atoms with E-state index in [1.807, 2.05) is 27.8 Å². The van der Waals surface area contributed by atoms with E-state index in [1.165, 1.54) is 0 Å².